The van der Waals surface area contributed by atoms with Gasteiger partial charge in [0, 0.05) is 0 Å². The lowest BCUT2D eigenvalue weighted by Gasteiger charge is -2.05. The van der Waals surface area contributed by atoms with Crippen molar-refractivity contribution < 1.29 is 18.3 Å². The Morgan fingerprint density at radius 1 is 1.35 bits per heavy atom. The van der Waals surface area contributed by atoms with Gasteiger partial charge < -0.3 is 4.74 Å². The third-order valence-electron chi connectivity index (χ3n) is 2.27. The molecule has 0 unspecified atom stereocenters. The SMILES string of the molecule is CCOC(=O)/C(=C/F)CCc1ccc(F)cc1. The van der Waals surface area contributed by atoms with Crippen LogP contribution in [0.1, 0.15) is 18.9 Å². The summed E-state index contributed by atoms with van der Waals surface area (Å²) >= 11 is 0. The largest absolute Gasteiger partial charge is 0.463 e. The first-order valence-electron chi connectivity index (χ1n) is 5.38. The zero-order valence-corrected chi connectivity index (χ0v) is 9.58. The Morgan fingerprint density at radius 3 is 2.53 bits per heavy atom. The molecule has 0 fully saturated rings. The Hall–Kier alpha value is -1.71. The molecule has 1 aromatic rings. The topological polar surface area (TPSA) is 26.3 Å². The fourth-order valence-electron chi connectivity index (χ4n) is 1.36. The molecule has 4 heteroatoms. The van der Waals surface area contributed by atoms with Crippen LogP contribution in [0.5, 0.6) is 0 Å². The van der Waals surface area contributed by atoms with Crippen LogP contribution < -0.4 is 0 Å². The summed E-state index contributed by atoms with van der Waals surface area (Å²) in [6, 6.07) is 5.88. The van der Waals surface area contributed by atoms with Crippen molar-refractivity contribution in [2.45, 2.75) is 19.8 Å². The molecular formula is C13H14F2O2. The van der Waals surface area contributed by atoms with Gasteiger partial charge in [0.2, 0.25) is 0 Å². The summed E-state index contributed by atoms with van der Waals surface area (Å²) in [7, 11) is 0. The number of esters is 1. The lowest BCUT2D eigenvalue weighted by Crippen LogP contribution is -2.08. The molecule has 0 heterocycles. The Bertz CT molecular complexity index is 396. The lowest BCUT2D eigenvalue weighted by atomic mass is 10.1. The molecule has 0 amide bonds. The molecule has 92 valence electrons. The van der Waals surface area contributed by atoms with Crippen LogP contribution in [0.3, 0.4) is 0 Å². The maximum Gasteiger partial charge on any atom is 0.336 e. The van der Waals surface area contributed by atoms with Crippen LogP contribution in [0.2, 0.25) is 0 Å². The van der Waals surface area contributed by atoms with E-state index >= 15 is 0 Å². The second-order valence-electron chi connectivity index (χ2n) is 3.48. The van der Waals surface area contributed by atoms with Crippen LogP contribution in [-0.2, 0) is 16.0 Å². The first-order chi connectivity index (χ1) is 8.17. The van der Waals surface area contributed by atoms with Crippen molar-refractivity contribution in [3.63, 3.8) is 0 Å². The summed E-state index contributed by atoms with van der Waals surface area (Å²) in [4.78, 5) is 11.3. The molecular weight excluding hydrogens is 226 g/mol. The summed E-state index contributed by atoms with van der Waals surface area (Å²) in [6.45, 7) is 1.88. The first kappa shape index (κ1) is 13.4. The van der Waals surface area contributed by atoms with Crippen molar-refractivity contribution in [1.82, 2.24) is 0 Å². The van der Waals surface area contributed by atoms with E-state index in [9.17, 15) is 13.6 Å². The monoisotopic (exact) mass is 240 g/mol. The van der Waals surface area contributed by atoms with Gasteiger partial charge >= 0.3 is 5.97 Å². The van der Waals surface area contributed by atoms with Crippen LogP contribution in [0, 0.1) is 5.82 Å². The summed E-state index contributed by atoms with van der Waals surface area (Å²) in [5.74, 6) is -0.961. The van der Waals surface area contributed by atoms with Crippen LogP contribution in [0.15, 0.2) is 36.2 Å². The van der Waals surface area contributed by atoms with Crippen molar-refractivity contribution >= 4 is 5.97 Å². The van der Waals surface area contributed by atoms with Gasteiger partial charge in [0.1, 0.15) is 5.82 Å². The van der Waals surface area contributed by atoms with Gasteiger partial charge in [0.05, 0.1) is 18.5 Å². The second-order valence-corrected chi connectivity index (χ2v) is 3.48. The van der Waals surface area contributed by atoms with E-state index in [4.69, 9.17) is 4.74 Å². The predicted molar refractivity (Wildman–Crippen MR) is 60.5 cm³/mol. The first-order valence-corrected chi connectivity index (χ1v) is 5.38. The van der Waals surface area contributed by atoms with Crippen LogP contribution in [0.4, 0.5) is 8.78 Å². The molecule has 0 N–H and O–H groups in total. The molecule has 0 aromatic heterocycles. The third kappa shape index (κ3) is 4.34. The smallest absolute Gasteiger partial charge is 0.336 e. The number of rotatable bonds is 5. The Labute approximate surface area is 98.9 Å². The molecule has 0 aliphatic heterocycles. The summed E-state index contributed by atoms with van der Waals surface area (Å²) < 4.78 is 29.8. The van der Waals surface area contributed by atoms with Crippen molar-refractivity contribution in [3.8, 4) is 0 Å². The predicted octanol–water partition coefficient (Wildman–Crippen LogP) is 3.17. The number of carbonyl (C=O) groups excluding carboxylic acids is 1. The van der Waals surface area contributed by atoms with E-state index in [2.05, 4.69) is 0 Å². The van der Waals surface area contributed by atoms with Crippen molar-refractivity contribution in [2.24, 2.45) is 0 Å². The van der Waals surface area contributed by atoms with E-state index < -0.39 is 5.97 Å². The molecule has 0 atom stereocenters. The molecule has 1 rings (SSSR count). The van der Waals surface area contributed by atoms with E-state index in [1.807, 2.05) is 0 Å². The van der Waals surface area contributed by atoms with Crippen molar-refractivity contribution in [2.75, 3.05) is 6.61 Å². The van der Waals surface area contributed by atoms with Gasteiger partial charge in [-0.15, -0.1) is 0 Å². The number of benzene rings is 1. The maximum atomic E-state index is 12.6. The van der Waals surface area contributed by atoms with E-state index in [0.29, 0.717) is 6.42 Å². The summed E-state index contributed by atoms with van der Waals surface area (Å²) in [6.07, 6.45) is 0.970. The molecule has 0 saturated heterocycles. The molecule has 0 radical (unpaired) electrons. The summed E-state index contributed by atoms with van der Waals surface area (Å²) in [5.41, 5.74) is 0.839. The van der Waals surface area contributed by atoms with E-state index in [-0.39, 0.29) is 30.7 Å². The van der Waals surface area contributed by atoms with Gasteiger partial charge in [-0.2, -0.15) is 0 Å². The number of aryl methyl sites for hydroxylation is 1. The lowest BCUT2D eigenvalue weighted by molar-refractivity contribution is -0.138. The van der Waals surface area contributed by atoms with Gasteiger partial charge in [-0.05, 0) is 37.5 Å². The number of hydrogen-bond acceptors (Lipinski definition) is 2. The highest BCUT2D eigenvalue weighted by Crippen LogP contribution is 2.12. The fourth-order valence-corrected chi connectivity index (χ4v) is 1.36. The highest BCUT2D eigenvalue weighted by atomic mass is 19.1. The number of ether oxygens (including phenoxy) is 1. The third-order valence-corrected chi connectivity index (χ3v) is 2.27. The quantitative estimate of drug-likeness (QED) is 0.583. The highest BCUT2D eigenvalue weighted by molar-refractivity contribution is 5.88. The van der Waals surface area contributed by atoms with Crippen LogP contribution in [0.25, 0.3) is 0 Å². The van der Waals surface area contributed by atoms with E-state index in [1.165, 1.54) is 12.1 Å². The number of carbonyl (C=O) groups is 1. The number of halogens is 2. The van der Waals surface area contributed by atoms with Gasteiger partial charge in [0.15, 0.2) is 0 Å². The second kappa shape index (κ2) is 6.78. The maximum absolute atomic E-state index is 12.6. The zero-order valence-electron chi connectivity index (χ0n) is 9.58. The Balaban J connectivity index is 2.54. The van der Waals surface area contributed by atoms with Gasteiger partial charge in [-0.1, -0.05) is 12.1 Å². The number of hydrogen-bond donors (Lipinski definition) is 0. The minimum atomic E-state index is -0.642. The van der Waals surface area contributed by atoms with Crippen LogP contribution in [-0.4, -0.2) is 12.6 Å². The van der Waals surface area contributed by atoms with E-state index in [0.717, 1.165) is 5.56 Å². The standard InChI is InChI=1S/C13H14F2O2/c1-2-17-13(16)11(9-14)6-3-10-4-7-12(15)8-5-10/h4-5,7-9H,2-3,6H2,1H3/b11-9+. The summed E-state index contributed by atoms with van der Waals surface area (Å²) in [5, 5.41) is 0. The normalized spacial score (nSPS) is 11.4. The molecule has 0 saturated carbocycles. The van der Waals surface area contributed by atoms with Gasteiger partial charge in [0.25, 0.3) is 0 Å². The molecule has 2 nitrogen and oxygen atoms in total. The van der Waals surface area contributed by atoms with Gasteiger partial charge in [-0.3, -0.25) is 0 Å². The van der Waals surface area contributed by atoms with Gasteiger partial charge in [-0.25, -0.2) is 13.6 Å². The van der Waals surface area contributed by atoms with Crippen LogP contribution >= 0.6 is 0 Å². The van der Waals surface area contributed by atoms with Crippen molar-refractivity contribution in [1.29, 1.82) is 0 Å². The molecule has 0 bridgehead atoms. The minimum absolute atomic E-state index is 0.00354. The Kier molecular flexibility index (Phi) is 5.33. The fraction of sp³-hybridized carbons (Fsp3) is 0.308. The molecule has 0 aliphatic carbocycles. The molecule has 0 aliphatic rings. The average Bonchev–Trinajstić information content (AvgIpc) is 2.32. The minimum Gasteiger partial charge on any atom is -0.463 e. The zero-order chi connectivity index (χ0) is 12.7. The highest BCUT2D eigenvalue weighted by Gasteiger charge is 2.10. The average molecular weight is 240 g/mol. The molecule has 1 aromatic carbocycles. The van der Waals surface area contributed by atoms with E-state index in [1.54, 1.807) is 19.1 Å². The molecule has 0 spiro atoms. The van der Waals surface area contributed by atoms with Crippen molar-refractivity contribution in [3.05, 3.63) is 47.5 Å². The Morgan fingerprint density at radius 2 is 2.00 bits per heavy atom. The molecule has 17 heavy (non-hydrogen) atoms.